The largest absolute Gasteiger partial charge is 0.628 e. The fourth-order valence-electron chi connectivity index (χ4n) is 3.40. The van der Waals surface area contributed by atoms with Gasteiger partial charge >= 0.3 is 0 Å². The average molecular weight is 373 g/mol. The van der Waals surface area contributed by atoms with Crippen molar-refractivity contribution in [3.8, 4) is 6.07 Å². The number of carbonyl (C=O) groups excluding carboxylic acids is 1. The number of halogens is 2. The summed E-state index contributed by atoms with van der Waals surface area (Å²) < 4.78 is 14.2. The third kappa shape index (κ3) is 2.72. The molecule has 4 rings (SSSR count). The number of rotatable bonds is 4. The molecule has 26 heavy (non-hydrogen) atoms. The summed E-state index contributed by atoms with van der Waals surface area (Å²) in [4.78, 5) is 16.5. The predicted molar refractivity (Wildman–Crippen MR) is 92.7 cm³/mol. The van der Waals surface area contributed by atoms with Gasteiger partial charge in [-0.1, -0.05) is 23.7 Å². The van der Waals surface area contributed by atoms with Crippen molar-refractivity contribution in [1.29, 1.82) is 5.26 Å². The highest BCUT2D eigenvalue weighted by Gasteiger charge is 2.51. The standard InChI is InChI=1S/C18H14ClFN4O2/c19-16-10(9-21)7-12(20)17(22-16)23-18(5-6-18)8-14-15(25)11-3-1-2-4-13(11)24(14)26/h1-4,7,14,24H,5-6,8H2,(H,22,23). The van der Waals surface area contributed by atoms with E-state index in [1.807, 2.05) is 0 Å². The van der Waals surface area contributed by atoms with Gasteiger partial charge in [-0.25, -0.2) is 9.37 Å². The molecule has 0 radical (unpaired) electrons. The van der Waals surface area contributed by atoms with E-state index in [1.54, 1.807) is 30.3 Å². The molecule has 0 bridgehead atoms. The van der Waals surface area contributed by atoms with Gasteiger partial charge in [0.05, 0.1) is 11.1 Å². The van der Waals surface area contributed by atoms with E-state index in [0.717, 1.165) is 6.07 Å². The van der Waals surface area contributed by atoms with Crippen molar-refractivity contribution in [2.45, 2.75) is 30.8 Å². The van der Waals surface area contributed by atoms with Crippen LogP contribution in [0.5, 0.6) is 0 Å². The Balaban J connectivity index is 1.56. The Bertz CT molecular complexity index is 955. The van der Waals surface area contributed by atoms with Crippen molar-refractivity contribution in [1.82, 2.24) is 4.98 Å². The van der Waals surface area contributed by atoms with E-state index in [9.17, 15) is 14.4 Å². The molecule has 132 valence electrons. The number of quaternary nitrogens is 1. The van der Waals surface area contributed by atoms with E-state index in [1.165, 1.54) is 0 Å². The second kappa shape index (κ2) is 6.02. The smallest absolute Gasteiger partial charge is 0.226 e. The normalized spacial score (nSPS) is 22.6. The lowest BCUT2D eigenvalue weighted by Gasteiger charge is -2.27. The number of para-hydroxylation sites is 1. The molecular weight excluding hydrogens is 359 g/mol. The summed E-state index contributed by atoms with van der Waals surface area (Å²) in [5, 5.41) is 24.2. The molecule has 6 nitrogen and oxygen atoms in total. The second-order valence-corrected chi connectivity index (χ2v) is 7.06. The van der Waals surface area contributed by atoms with Crippen molar-refractivity contribution in [3.63, 3.8) is 0 Å². The summed E-state index contributed by atoms with van der Waals surface area (Å²) in [7, 11) is 0. The third-order valence-corrected chi connectivity index (χ3v) is 5.26. The van der Waals surface area contributed by atoms with Crippen LogP contribution < -0.4 is 10.4 Å². The molecule has 1 fully saturated rings. The zero-order chi connectivity index (χ0) is 18.5. The van der Waals surface area contributed by atoms with Crippen LogP contribution in [-0.4, -0.2) is 22.3 Å². The molecule has 1 aromatic carbocycles. The number of carbonyl (C=O) groups is 1. The Morgan fingerprint density at radius 1 is 1.46 bits per heavy atom. The van der Waals surface area contributed by atoms with Crippen LogP contribution in [0.4, 0.5) is 15.9 Å². The van der Waals surface area contributed by atoms with E-state index in [-0.39, 0.29) is 33.8 Å². The molecule has 1 aromatic heterocycles. The maximum Gasteiger partial charge on any atom is 0.226 e. The van der Waals surface area contributed by atoms with Crippen LogP contribution in [0.15, 0.2) is 30.3 Å². The second-order valence-electron chi connectivity index (χ2n) is 6.71. The molecule has 2 heterocycles. The van der Waals surface area contributed by atoms with Gasteiger partial charge in [-0.05, 0) is 25.0 Å². The number of benzene rings is 1. The molecule has 2 atom stereocenters. The minimum atomic E-state index is -0.765. The van der Waals surface area contributed by atoms with Crippen molar-refractivity contribution < 1.29 is 14.2 Å². The topological polar surface area (TPSA) is 93.3 Å². The fraction of sp³-hybridized carbons (Fsp3) is 0.278. The van der Waals surface area contributed by atoms with E-state index in [4.69, 9.17) is 16.9 Å². The number of fused-ring (bicyclic) bond motifs is 1. The Kier molecular flexibility index (Phi) is 3.92. The molecule has 1 aliphatic carbocycles. The molecular formula is C18H14ClFN4O2. The van der Waals surface area contributed by atoms with Gasteiger partial charge in [0.15, 0.2) is 17.7 Å². The third-order valence-electron chi connectivity index (χ3n) is 4.97. The lowest BCUT2D eigenvalue weighted by Crippen LogP contribution is -3.06. The SMILES string of the molecule is N#Cc1cc(F)c(NC2(CC3C(=O)c4ccccc4[NH+]3[O-])CC2)nc1Cl. The van der Waals surface area contributed by atoms with E-state index in [2.05, 4.69) is 10.3 Å². The number of pyridine rings is 1. The van der Waals surface area contributed by atoms with Crippen LogP contribution in [0, 0.1) is 22.4 Å². The van der Waals surface area contributed by atoms with Gasteiger partial charge in [-0.2, -0.15) is 5.26 Å². The number of nitriles is 1. The minimum Gasteiger partial charge on any atom is -0.628 e. The van der Waals surface area contributed by atoms with Crippen LogP contribution in [-0.2, 0) is 0 Å². The van der Waals surface area contributed by atoms with E-state index >= 15 is 0 Å². The number of hydrogen-bond acceptors (Lipinski definition) is 5. The molecule has 2 aromatic rings. The highest BCUT2D eigenvalue weighted by molar-refractivity contribution is 6.30. The van der Waals surface area contributed by atoms with Gasteiger partial charge < -0.3 is 15.6 Å². The molecule has 2 N–H and O–H groups in total. The first-order chi connectivity index (χ1) is 12.4. The Morgan fingerprint density at radius 2 is 2.19 bits per heavy atom. The van der Waals surface area contributed by atoms with Crippen LogP contribution in [0.25, 0.3) is 0 Å². The molecule has 1 saturated carbocycles. The number of nitrogens with zero attached hydrogens (tertiary/aromatic N) is 2. The molecule has 1 aliphatic heterocycles. The first kappa shape index (κ1) is 16.9. The van der Waals surface area contributed by atoms with Crippen molar-refractivity contribution in [3.05, 3.63) is 57.6 Å². The maximum atomic E-state index is 14.2. The van der Waals surface area contributed by atoms with Gasteiger partial charge in [-0.3, -0.25) is 4.79 Å². The summed E-state index contributed by atoms with van der Waals surface area (Å²) in [6.07, 6.45) is 1.66. The summed E-state index contributed by atoms with van der Waals surface area (Å²) in [5.41, 5.74) is 0.285. The molecule has 0 saturated heterocycles. The molecule has 0 amide bonds. The van der Waals surface area contributed by atoms with Crippen molar-refractivity contribution >= 4 is 28.9 Å². The highest BCUT2D eigenvalue weighted by Crippen LogP contribution is 2.44. The predicted octanol–water partition coefficient (Wildman–Crippen LogP) is 2.36. The highest BCUT2D eigenvalue weighted by atomic mass is 35.5. The van der Waals surface area contributed by atoms with E-state index in [0.29, 0.717) is 24.1 Å². The zero-order valence-corrected chi connectivity index (χ0v) is 14.3. The molecule has 8 heteroatoms. The Morgan fingerprint density at radius 3 is 2.85 bits per heavy atom. The number of Topliss-reactive ketones (excluding diaryl/α,β-unsaturated/α-hetero) is 1. The fourth-order valence-corrected chi connectivity index (χ4v) is 3.58. The first-order valence-electron chi connectivity index (χ1n) is 8.16. The monoisotopic (exact) mass is 372 g/mol. The number of nitrogens with one attached hydrogen (secondary N) is 2. The molecule has 0 spiro atoms. The van der Waals surface area contributed by atoms with Gasteiger partial charge in [-0.15, -0.1) is 0 Å². The summed E-state index contributed by atoms with van der Waals surface area (Å²) in [5.74, 6) is -0.948. The molecule has 2 unspecified atom stereocenters. The lowest BCUT2D eigenvalue weighted by atomic mass is 10.00. The average Bonchev–Trinajstić information content (AvgIpc) is 3.36. The summed E-state index contributed by atoms with van der Waals surface area (Å²) in [6, 6.07) is 8.81. The zero-order valence-electron chi connectivity index (χ0n) is 13.6. The van der Waals surface area contributed by atoms with E-state index < -0.39 is 17.4 Å². The summed E-state index contributed by atoms with van der Waals surface area (Å²) >= 11 is 5.88. The number of hydroxylamine groups is 1. The van der Waals surface area contributed by atoms with Crippen LogP contribution in [0.1, 0.15) is 35.2 Å². The lowest BCUT2D eigenvalue weighted by molar-refractivity contribution is -0.791. The maximum absolute atomic E-state index is 14.2. The van der Waals surface area contributed by atoms with Gasteiger partial charge in [0, 0.05) is 18.0 Å². The summed E-state index contributed by atoms with van der Waals surface area (Å²) in [6.45, 7) is 0. The van der Waals surface area contributed by atoms with Crippen LogP contribution in [0.2, 0.25) is 5.15 Å². The first-order valence-corrected chi connectivity index (χ1v) is 8.54. The quantitative estimate of drug-likeness (QED) is 0.634. The number of anilines is 1. The Labute approximate surface area is 153 Å². The van der Waals surface area contributed by atoms with Crippen LogP contribution in [0.3, 0.4) is 0 Å². The number of ketones is 1. The van der Waals surface area contributed by atoms with Crippen molar-refractivity contribution in [2.75, 3.05) is 5.32 Å². The minimum absolute atomic E-state index is 0.0452. The van der Waals surface area contributed by atoms with Gasteiger partial charge in [0.2, 0.25) is 5.78 Å². The number of hydrogen-bond donors (Lipinski definition) is 2. The number of aromatic nitrogens is 1. The van der Waals surface area contributed by atoms with Gasteiger partial charge in [0.1, 0.15) is 16.9 Å². The molecule has 2 aliphatic rings. The van der Waals surface area contributed by atoms with Crippen molar-refractivity contribution in [2.24, 2.45) is 0 Å². The Hall–Kier alpha value is -2.53. The van der Waals surface area contributed by atoms with Gasteiger partial charge in [0.25, 0.3) is 0 Å². The van der Waals surface area contributed by atoms with Crippen LogP contribution >= 0.6 is 11.6 Å².